The lowest BCUT2D eigenvalue weighted by Crippen LogP contribution is -2.19. The molecule has 2 aromatic carbocycles. The van der Waals surface area contributed by atoms with Crippen LogP contribution in [-0.4, -0.2) is 7.11 Å². The van der Waals surface area contributed by atoms with Crippen molar-refractivity contribution in [2.45, 2.75) is 19.5 Å². The highest BCUT2D eigenvalue weighted by molar-refractivity contribution is 5.35. The SMILES string of the molecule is COc1ccccc1[C@H](C)NCc1cc(F)ccc1F. The number of para-hydroxylation sites is 1. The van der Waals surface area contributed by atoms with E-state index in [0.717, 1.165) is 23.4 Å². The Kier molecular flexibility index (Phi) is 4.69. The van der Waals surface area contributed by atoms with E-state index in [0.29, 0.717) is 5.56 Å². The lowest BCUT2D eigenvalue weighted by Gasteiger charge is -2.17. The molecule has 0 heterocycles. The Morgan fingerprint density at radius 2 is 1.90 bits per heavy atom. The predicted octanol–water partition coefficient (Wildman–Crippen LogP) is 3.82. The van der Waals surface area contributed by atoms with E-state index >= 15 is 0 Å². The molecule has 0 unspecified atom stereocenters. The zero-order valence-electron chi connectivity index (χ0n) is 11.5. The number of nitrogens with one attached hydrogen (secondary N) is 1. The van der Waals surface area contributed by atoms with Gasteiger partial charge in [0.05, 0.1) is 7.11 Å². The summed E-state index contributed by atoms with van der Waals surface area (Å²) >= 11 is 0. The maximum absolute atomic E-state index is 13.5. The Morgan fingerprint density at radius 1 is 1.15 bits per heavy atom. The van der Waals surface area contributed by atoms with Crippen LogP contribution >= 0.6 is 0 Å². The Bertz CT molecular complexity index is 586. The van der Waals surface area contributed by atoms with Crippen molar-refractivity contribution >= 4 is 0 Å². The first-order valence-corrected chi connectivity index (χ1v) is 6.42. The van der Waals surface area contributed by atoms with Gasteiger partial charge in [-0.2, -0.15) is 0 Å². The maximum atomic E-state index is 13.5. The first-order valence-electron chi connectivity index (χ1n) is 6.42. The van der Waals surface area contributed by atoms with Crippen LogP contribution < -0.4 is 10.1 Å². The van der Waals surface area contributed by atoms with Crippen molar-refractivity contribution in [3.8, 4) is 5.75 Å². The third-order valence-electron chi connectivity index (χ3n) is 3.21. The van der Waals surface area contributed by atoms with Crippen molar-refractivity contribution in [3.63, 3.8) is 0 Å². The van der Waals surface area contributed by atoms with E-state index in [4.69, 9.17) is 4.74 Å². The number of halogens is 2. The summed E-state index contributed by atoms with van der Waals surface area (Å²) in [4.78, 5) is 0. The molecule has 2 rings (SSSR count). The second-order valence-electron chi connectivity index (χ2n) is 4.58. The summed E-state index contributed by atoms with van der Waals surface area (Å²) in [6, 6.07) is 11.0. The molecule has 4 heteroatoms. The molecule has 0 bridgehead atoms. The van der Waals surface area contributed by atoms with Gasteiger partial charge in [0.15, 0.2) is 0 Å². The van der Waals surface area contributed by atoms with Gasteiger partial charge in [0.2, 0.25) is 0 Å². The molecule has 0 spiro atoms. The minimum atomic E-state index is -0.437. The maximum Gasteiger partial charge on any atom is 0.127 e. The lowest BCUT2D eigenvalue weighted by atomic mass is 10.1. The van der Waals surface area contributed by atoms with Crippen molar-refractivity contribution in [2.24, 2.45) is 0 Å². The fourth-order valence-electron chi connectivity index (χ4n) is 2.08. The van der Waals surface area contributed by atoms with Crippen molar-refractivity contribution in [1.29, 1.82) is 0 Å². The van der Waals surface area contributed by atoms with Crippen LogP contribution in [0.5, 0.6) is 5.75 Å². The molecule has 0 saturated heterocycles. The van der Waals surface area contributed by atoms with Crippen molar-refractivity contribution in [3.05, 3.63) is 65.2 Å². The highest BCUT2D eigenvalue weighted by atomic mass is 19.1. The van der Waals surface area contributed by atoms with Crippen LogP contribution in [0.1, 0.15) is 24.1 Å². The first-order chi connectivity index (χ1) is 9.61. The molecule has 0 radical (unpaired) electrons. The van der Waals surface area contributed by atoms with Gasteiger partial charge in [-0.1, -0.05) is 18.2 Å². The molecular formula is C16H17F2NO. The van der Waals surface area contributed by atoms with Crippen LogP contribution in [0.4, 0.5) is 8.78 Å². The van der Waals surface area contributed by atoms with Crippen molar-refractivity contribution in [2.75, 3.05) is 7.11 Å². The smallest absolute Gasteiger partial charge is 0.127 e. The molecule has 0 aliphatic heterocycles. The molecule has 0 amide bonds. The van der Waals surface area contributed by atoms with E-state index in [1.54, 1.807) is 7.11 Å². The summed E-state index contributed by atoms with van der Waals surface area (Å²) in [5.74, 6) is -0.0773. The third kappa shape index (κ3) is 3.33. The van der Waals surface area contributed by atoms with Gasteiger partial charge in [0, 0.05) is 23.7 Å². The molecule has 0 fully saturated rings. The van der Waals surface area contributed by atoms with E-state index < -0.39 is 11.6 Å². The Balaban J connectivity index is 2.08. The lowest BCUT2D eigenvalue weighted by molar-refractivity contribution is 0.401. The number of hydrogen-bond acceptors (Lipinski definition) is 2. The summed E-state index contributed by atoms with van der Waals surface area (Å²) in [5, 5.41) is 3.17. The molecule has 2 nitrogen and oxygen atoms in total. The molecule has 20 heavy (non-hydrogen) atoms. The monoisotopic (exact) mass is 277 g/mol. The van der Waals surface area contributed by atoms with Crippen LogP contribution in [-0.2, 0) is 6.54 Å². The summed E-state index contributed by atoms with van der Waals surface area (Å²) in [7, 11) is 1.61. The minimum absolute atomic E-state index is 0.0335. The molecule has 0 aromatic heterocycles. The second kappa shape index (κ2) is 6.48. The second-order valence-corrected chi connectivity index (χ2v) is 4.58. The van der Waals surface area contributed by atoms with Gasteiger partial charge in [-0.05, 0) is 31.2 Å². The van der Waals surface area contributed by atoms with Gasteiger partial charge in [-0.25, -0.2) is 8.78 Å². The largest absolute Gasteiger partial charge is 0.496 e. The third-order valence-corrected chi connectivity index (χ3v) is 3.21. The molecule has 0 aliphatic rings. The number of hydrogen-bond donors (Lipinski definition) is 1. The molecule has 1 N–H and O–H groups in total. The fraction of sp³-hybridized carbons (Fsp3) is 0.250. The fourth-order valence-corrected chi connectivity index (χ4v) is 2.08. The molecular weight excluding hydrogens is 260 g/mol. The Hall–Kier alpha value is -1.94. The predicted molar refractivity (Wildman–Crippen MR) is 74.6 cm³/mol. The van der Waals surface area contributed by atoms with Gasteiger partial charge in [0.25, 0.3) is 0 Å². The molecule has 106 valence electrons. The molecule has 0 aliphatic carbocycles. The summed E-state index contributed by atoms with van der Waals surface area (Å²) in [6.45, 7) is 2.21. The van der Waals surface area contributed by atoms with Gasteiger partial charge >= 0.3 is 0 Å². The first kappa shape index (κ1) is 14.5. The van der Waals surface area contributed by atoms with E-state index in [2.05, 4.69) is 5.32 Å². The molecule has 2 aromatic rings. The van der Waals surface area contributed by atoms with Crippen molar-refractivity contribution < 1.29 is 13.5 Å². The average Bonchev–Trinajstić information content (AvgIpc) is 2.47. The van der Waals surface area contributed by atoms with Crippen LogP contribution in [0.3, 0.4) is 0 Å². The standard InChI is InChI=1S/C16H17F2NO/c1-11(14-5-3-4-6-16(14)20-2)19-10-12-9-13(17)7-8-15(12)18/h3-9,11,19H,10H2,1-2H3/t11-/m0/s1. The van der Waals surface area contributed by atoms with Crippen LogP contribution in [0, 0.1) is 11.6 Å². The van der Waals surface area contributed by atoms with E-state index in [-0.39, 0.29) is 12.6 Å². The Labute approximate surface area is 117 Å². The van der Waals surface area contributed by atoms with Gasteiger partial charge < -0.3 is 10.1 Å². The van der Waals surface area contributed by atoms with Crippen LogP contribution in [0.15, 0.2) is 42.5 Å². The Morgan fingerprint density at radius 3 is 2.65 bits per heavy atom. The van der Waals surface area contributed by atoms with Gasteiger partial charge in [0.1, 0.15) is 17.4 Å². The topological polar surface area (TPSA) is 21.3 Å². The summed E-state index contributed by atoms with van der Waals surface area (Å²) in [6.07, 6.45) is 0. The normalized spacial score (nSPS) is 12.2. The molecule has 1 atom stereocenters. The van der Waals surface area contributed by atoms with Crippen LogP contribution in [0.25, 0.3) is 0 Å². The zero-order valence-corrected chi connectivity index (χ0v) is 11.5. The number of ether oxygens (including phenoxy) is 1. The number of rotatable bonds is 5. The highest BCUT2D eigenvalue weighted by Gasteiger charge is 2.11. The average molecular weight is 277 g/mol. The quantitative estimate of drug-likeness (QED) is 0.897. The van der Waals surface area contributed by atoms with E-state index in [1.807, 2.05) is 31.2 Å². The van der Waals surface area contributed by atoms with Crippen LogP contribution in [0.2, 0.25) is 0 Å². The van der Waals surface area contributed by atoms with Gasteiger partial charge in [-0.3, -0.25) is 0 Å². The summed E-state index contributed by atoms with van der Waals surface area (Å²) < 4.78 is 31.9. The highest BCUT2D eigenvalue weighted by Crippen LogP contribution is 2.24. The zero-order chi connectivity index (χ0) is 14.5. The summed E-state index contributed by atoms with van der Waals surface area (Å²) in [5.41, 5.74) is 1.29. The molecule has 0 saturated carbocycles. The number of benzene rings is 2. The van der Waals surface area contributed by atoms with Gasteiger partial charge in [-0.15, -0.1) is 0 Å². The minimum Gasteiger partial charge on any atom is -0.496 e. The van der Waals surface area contributed by atoms with E-state index in [9.17, 15) is 8.78 Å². The van der Waals surface area contributed by atoms with E-state index in [1.165, 1.54) is 6.07 Å². The number of methoxy groups -OCH3 is 1. The van der Waals surface area contributed by atoms with Crippen molar-refractivity contribution in [1.82, 2.24) is 5.32 Å².